The number of nitrogens with zero attached hydrogens (tertiary/aromatic N) is 1. The molecule has 0 aliphatic carbocycles. The molecular formula is C15H21NO. The fourth-order valence-corrected chi connectivity index (χ4v) is 1.85. The van der Waals surface area contributed by atoms with Gasteiger partial charge in [-0.1, -0.05) is 26.7 Å². The van der Waals surface area contributed by atoms with Crippen LogP contribution < -0.4 is 0 Å². The van der Waals surface area contributed by atoms with E-state index in [4.69, 9.17) is 4.42 Å². The van der Waals surface area contributed by atoms with Crippen LogP contribution in [0.1, 0.15) is 58.1 Å². The van der Waals surface area contributed by atoms with Crippen molar-refractivity contribution >= 4 is 5.57 Å². The van der Waals surface area contributed by atoms with Crippen LogP contribution in [0.3, 0.4) is 0 Å². The van der Waals surface area contributed by atoms with Crippen LogP contribution >= 0.6 is 0 Å². The standard InChI is InChI=1S/C15H21NO/c1-3-5-8-13(12-16)14(9-6-4-2)15-10-7-11-17-15/h7,10-11H,3-6,8-9H2,1-2H3/b14-13-. The molecule has 1 heterocycles. The predicted molar refractivity (Wildman–Crippen MR) is 70.3 cm³/mol. The molecule has 0 aliphatic heterocycles. The molecule has 1 aromatic heterocycles. The summed E-state index contributed by atoms with van der Waals surface area (Å²) >= 11 is 0. The Bertz CT molecular complexity index is 382. The van der Waals surface area contributed by atoms with Crippen LogP contribution in [0, 0.1) is 11.3 Å². The summed E-state index contributed by atoms with van der Waals surface area (Å²) in [5, 5.41) is 9.27. The van der Waals surface area contributed by atoms with Crippen molar-refractivity contribution in [2.75, 3.05) is 0 Å². The second-order valence-corrected chi connectivity index (χ2v) is 4.25. The molecule has 0 bridgehead atoms. The first kappa shape index (κ1) is 13.6. The second-order valence-electron chi connectivity index (χ2n) is 4.25. The van der Waals surface area contributed by atoms with E-state index in [0.717, 1.165) is 55.4 Å². The lowest BCUT2D eigenvalue weighted by atomic mass is 9.97. The van der Waals surface area contributed by atoms with E-state index in [1.807, 2.05) is 12.1 Å². The van der Waals surface area contributed by atoms with Crippen molar-refractivity contribution in [3.8, 4) is 6.07 Å². The van der Waals surface area contributed by atoms with Gasteiger partial charge in [-0.05, 0) is 37.8 Å². The molecule has 0 radical (unpaired) electrons. The summed E-state index contributed by atoms with van der Waals surface area (Å²) in [5.74, 6) is 0.867. The monoisotopic (exact) mass is 231 g/mol. The molecule has 0 saturated heterocycles. The molecule has 0 N–H and O–H groups in total. The minimum Gasteiger partial charge on any atom is -0.465 e. The van der Waals surface area contributed by atoms with Gasteiger partial charge in [0.2, 0.25) is 0 Å². The van der Waals surface area contributed by atoms with Crippen LogP contribution in [0.2, 0.25) is 0 Å². The minimum absolute atomic E-state index is 0.867. The van der Waals surface area contributed by atoms with Crippen LogP contribution in [0.4, 0.5) is 0 Å². The topological polar surface area (TPSA) is 36.9 Å². The van der Waals surface area contributed by atoms with Crippen LogP contribution in [0.15, 0.2) is 28.4 Å². The highest BCUT2D eigenvalue weighted by Crippen LogP contribution is 2.27. The van der Waals surface area contributed by atoms with Gasteiger partial charge in [0.25, 0.3) is 0 Å². The zero-order chi connectivity index (χ0) is 12.5. The van der Waals surface area contributed by atoms with E-state index in [2.05, 4.69) is 19.9 Å². The van der Waals surface area contributed by atoms with Gasteiger partial charge < -0.3 is 4.42 Å². The van der Waals surface area contributed by atoms with Crippen LogP contribution in [0.5, 0.6) is 0 Å². The fourth-order valence-electron chi connectivity index (χ4n) is 1.85. The summed E-state index contributed by atoms with van der Waals surface area (Å²) in [6.45, 7) is 4.31. The first-order chi connectivity index (χ1) is 8.33. The number of unbranched alkanes of at least 4 members (excludes halogenated alkanes) is 2. The zero-order valence-electron chi connectivity index (χ0n) is 10.8. The van der Waals surface area contributed by atoms with Crippen LogP contribution in [0.25, 0.3) is 5.57 Å². The Balaban J connectivity index is 2.93. The number of furan rings is 1. The third-order valence-corrected chi connectivity index (χ3v) is 2.88. The van der Waals surface area contributed by atoms with Gasteiger partial charge in [0.15, 0.2) is 0 Å². The van der Waals surface area contributed by atoms with E-state index in [0.29, 0.717) is 0 Å². The number of rotatable bonds is 7. The predicted octanol–water partition coefficient (Wildman–Crippen LogP) is 4.94. The Kier molecular flexibility index (Phi) is 6.17. The summed E-state index contributed by atoms with van der Waals surface area (Å²) in [7, 11) is 0. The van der Waals surface area contributed by atoms with Crippen molar-refractivity contribution in [3.05, 3.63) is 29.7 Å². The number of nitriles is 1. The molecule has 0 aliphatic rings. The lowest BCUT2D eigenvalue weighted by molar-refractivity contribution is 0.548. The van der Waals surface area contributed by atoms with Crippen LogP contribution in [-0.4, -0.2) is 0 Å². The summed E-state index contributed by atoms with van der Waals surface area (Å²) in [6.07, 6.45) is 7.91. The van der Waals surface area contributed by atoms with Gasteiger partial charge >= 0.3 is 0 Å². The average molecular weight is 231 g/mol. The quantitative estimate of drug-likeness (QED) is 0.623. The van der Waals surface area contributed by atoms with Crippen LogP contribution in [-0.2, 0) is 0 Å². The van der Waals surface area contributed by atoms with Gasteiger partial charge in [0.1, 0.15) is 5.76 Å². The first-order valence-electron chi connectivity index (χ1n) is 6.49. The molecule has 1 rings (SSSR count). The molecule has 2 nitrogen and oxygen atoms in total. The minimum atomic E-state index is 0.867. The van der Waals surface area contributed by atoms with Crippen molar-refractivity contribution in [3.63, 3.8) is 0 Å². The SMILES string of the molecule is CCCC/C(C#N)=C(\CCCC)c1ccco1. The van der Waals surface area contributed by atoms with Crippen molar-refractivity contribution < 1.29 is 4.42 Å². The van der Waals surface area contributed by atoms with E-state index in [-0.39, 0.29) is 0 Å². The molecule has 0 saturated carbocycles. The Morgan fingerprint density at radius 1 is 1.24 bits per heavy atom. The van der Waals surface area contributed by atoms with E-state index in [1.165, 1.54) is 0 Å². The molecular weight excluding hydrogens is 210 g/mol. The molecule has 0 unspecified atom stereocenters. The van der Waals surface area contributed by atoms with Gasteiger partial charge in [-0.2, -0.15) is 5.26 Å². The Morgan fingerprint density at radius 2 is 1.94 bits per heavy atom. The summed E-state index contributed by atoms with van der Waals surface area (Å²) < 4.78 is 5.45. The van der Waals surface area contributed by atoms with Crippen molar-refractivity contribution in [2.45, 2.75) is 52.4 Å². The van der Waals surface area contributed by atoms with Gasteiger partial charge in [-0.15, -0.1) is 0 Å². The smallest absolute Gasteiger partial charge is 0.130 e. The Morgan fingerprint density at radius 3 is 2.47 bits per heavy atom. The van der Waals surface area contributed by atoms with E-state index in [1.54, 1.807) is 6.26 Å². The molecule has 1 aromatic rings. The summed E-state index contributed by atoms with van der Waals surface area (Å²) in [4.78, 5) is 0. The maximum absolute atomic E-state index is 9.27. The third kappa shape index (κ3) is 4.11. The van der Waals surface area contributed by atoms with Crippen molar-refractivity contribution in [1.29, 1.82) is 5.26 Å². The molecule has 2 heteroatoms. The fraction of sp³-hybridized carbons (Fsp3) is 0.533. The van der Waals surface area contributed by atoms with Gasteiger partial charge in [-0.3, -0.25) is 0 Å². The number of hydrogen-bond acceptors (Lipinski definition) is 2. The highest BCUT2D eigenvalue weighted by atomic mass is 16.3. The molecule has 92 valence electrons. The van der Waals surface area contributed by atoms with Gasteiger partial charge in [0, 0.05) is 11.1 Å². The Hall–Kier alpha value is -1.49. The lowest BCUT2D eigenvalue weighted by Gasteiger charge is -2.07. The summed E-state index contributed by atoms with van der Waals surface area (Å²) in [6, 6.07) is 6.19. The maximum atomic E-state index is 9.27. The van der Waals surface area contributed by atoms with Gasteiger partial charge in [0.05, 0.1) is 12.3 Å². The Labute approximate surface area is 104 Å². The molecule has 0 fully saturated rings. The van der Waals surface area contributed by atoms with E-state index in [9.17, 15) is 5.26 Å². The first-order valence-corrected chi connectivity index (χ1v) is 6.49. The highest BCUT2D eigenvalue weighted by Gasteiger charge is 2.11. The molecule has 0 amide bonds. The second kappa shape index (κ2) is 7.73. The largest absolute Gasteiger partial charge is 0.465 e. The van der Waals surface area contributed by atoms with E-state index >= 15 is 0 Å². The average Bonchev–Trinajstić information content (AvgIpc) is 2.87. The normalized spacial score (nSPS) is 12.1. The van der Waals surface area contributed by atoms with E-state index < -0.39 is 0 Å². The molecule has 17 heavy (non-hydrogen) atoms. The highest BCUT2D eigenvalue weighted by molar-refractivity contribution is 5.68. The number of hydrogen-bond donors (Lipinski definition) is 0. The van der Waals surface area contributed by atoms with Crippen molar-refractivity contribution in [2.24, 2.45) is 0 Å². The lowest BCUT2D eigenvalue weighted by Crippen LogP contribution is -1.91. The third-order valence-electron chi connectivity index (χ3n) is 2.88. The summed E-state index contributed by atoms with van der Waals surface area (Å²) in [5.41, 5.74) is 2.00. The molecule has 0 aromatic carbocycles. The molecule has 0 spiro atoms. The zero-order valence-corrected chi connectivity index (χ0v) is 10.8. The van der Waals surface area contributed by atoms with Gasteiger partial charge in [-0.25, -0.2) is 0 Å². The molecule has 0 atom stereocenters. The maximum Gasteiger partial charge on any atom is 0.130 e. The van der Waals surface area contributed by atoms with Crippen molar-refractivity contribution in [1.82, 2.24) is 0 Å². The number of allylic oxidation sites excluding steroid dienone is 2.